The summed E-state index contributed by atoms with van der Waals surface area (Å²) in [5.74, 6) is 0.730. The summed E-state index contributed by atoms with van der Waals surface area (Å²) < 4.78 is 14.6. The van der Waals surface area contributed by atoms with E-state index in [0.29, 0.717) is 32.1 Å². The van der Waals surface area contributed by atoms with Crippen molar-refractivity contribution in [2.24, 2.45) is 4.99 Å². The summed E-state index contributed by atoms with van der Waals surface area (Å²) in [4.78, 5) is 32.9. The van der Waals surface area contributed by atoms with Gasteiger partial charge in [-0.15, -0.1) is 0 Å². The van der Waals surface area contributed by atoms with E-state index in [1.54, 1.807) is 17.6 Å². The second-order valence-electron chi connectivity index (χ2n) is 9.53. The molecule has 1 unspecified atom stereocenters. The van der Waals surface area contributed by atoms with Gasteiger partial charge in [-0.05, 0) is 49.2 Å². The van der Waals surface area contributed by atoms with E-state index in [9.17, 15) is 9.59 Å². The number of furan rings is 1. The second kappa shape index (κ2) is 11.3. The molecular formula is C33H25BrN2O4S. The molecule has 1 atom stereocenters. The van der Waals surface area contributed by atoms with E-state index in [0.717, 1.165) is 26.7 Å². The number of rotatable bonds is 6. The summed E-state index contributed by atoms with van der Waals surface area (Å²) in [7, 11) is 0. The van der Waals surface area contributed by atoms with E-state index in [1.165, 1.54) is 11.3 Å². The highest BCUT2D eigenvalue weighted by Crippen LogP contribution is 2.35. The van der Waals surface area contributed by atoms with Crippen molar-refractivity contribution in [3.05, 3.63) is 143 Å². The number of benzene rings is 3. The van der Waals surface area contributed by atoms with Crippen LogP contribution in [0.25, 0.3) is 23.1 Å². The average Bonchev–Trinajstić information content (AvgIpc) is 3.57. The van der Waals surface area contributed by atoms with Gasteiger partial charge in [0.15, 0.2) is 4.80 Å². The van der Waals surface area contributed by atoms with Gasteiger partial charge in [-0.25, -0.2) is 9.79 Å². The maximum absolute atomic E-state index is 14.0. The van der Waals surface area contributed by atoms with Gasteiger partial charge in [0.05, 0.1) is 28.5 Å². The molecule has 0 aliphatic carbocycles. The molecule has 5 aromatic rings. The molecule has 0 amide bonds. The van der Waals surface area contributed by atoms with Crippen molar-refractivity contribution in [3.8, 4) is 11.3 Å². The van der Waals surface area contributed by atoms with Crippen molar-refractivity contribution >= 4 is 45.0 Å². The molecular weight excluding hydrogens is 600 g/mol. The van der Waals surface area contributed by atoms with Crippen molar-refractivity contribution in [1.82, 2.24) is 4.57 Å². The van der Waals surface area contributed by atoms with Crippen LogP contribution in [0.4, 0.5) is 0 Å². The average molecular weight is 626 g/mol. The predicted octanol–water partition coefficient (Wildman–Crippen LogP) is 6.27. The first-order chi connectivity index (χ1) is 19.9. The van der Waals surface area contributed by atoms with Crippen molar-refractivity contribution in [1.29, 1.82) is 0 Å². The van der Waals surface area contributed by atoms with Gasteiger partial charge in [0, 0.05) is 21.7 Å². The maximum Gasteiger partial charge on any atom is 0.338 e. The smallest absolute Gasteiger partial charge is 0.338 e. The fourth-order valence-corrected chi connectivity index (χ4v) is 6.59. The Bertz CT molecular complexity index is 1970. The second-order valence-corrected chi connectivity index (χ2v) is 11.4. The van der Waals surface area contributed by atoms with E-state index in [4.69, 9.17) is 14.1 Å². The molecule has 204 valence electrons. The van der Waals surface area contributed by atoms with Gasteiger partial charge < -0.3 is 9.15 Å². The van der Waals surface area contributed by atoms with Gasteiger partial charge in [-0.2, -0.15) is 0 Å². The summed E-state index contributed by atoms with van der Waals surface area (Å²) >= 11 is 4.88. The zero-order valence-corrected chi connectivity index (χ0v) is 24.7. The Balaban J connectivity index is 1.55. The minimum Gasteiger partial charge on any atom is -0.463 e. The lowest BCUT2D eigenvalue weighted by atomic mass is 9.93. The number of thiazole rings is 1. The van der Waals surface area contributed by atoms with Gasteiger partial charge in [0.1, 0.15) is 11.5 Å². The number of aromatic nitrogens is 1. The molecule has 41 heavy (non-hydrogen) atoms. The van der Waals surface area contributed by atoms with Crippen LogP contribution in [0.5, 0.6) is 0 Å². The van der Waals surface area contributed by atoms with Crippen LogP contribution >= 0.6 is 27.3 Å². The molecule has 3 heterocycles. The molecule has 1 aliphatic rings. The van der Waals surface area contributed by atoms with Crippen LogP contribution in [0, 0.1) is 6.92 Å². The van der Waals surface area contributed by atoms with Crippen LogP contribution in [0.1, 0.15) is 35.4 Å². The molecule has 8 heteroatoms. The fourth-order valence-electron chi connectivity index (χ4n) is 4.92. The highest BCUT2D eigenvalue weighted by molar-refractivity contribution is 9.10. The zero-order chi connectivity index (χ0) is 28.5. The lowest BCUT2D eigenvalue weighted by Crippen LogP contribution is -2.39. The summed E-state index contributed by atoms with van der Waals surface area (Å²) in [5, 5.41) is 0. The number of carbonyl (C=O) groups excluding carboxylic acids is 1. The minimum absolute atomic E-state index is 0.203. The molecule has 1 aliphatic heterocycles. The number of hydrogen-bond acceptors (Lipinski definition) is 6. The first-order valence-electron chi connectivity index (χ1n) is 13.1. The molecule has 6 rings (SSSR count). The lowest BCUT2D eigenvalue weighted by molar-refractivity contribution is -0.138. The third kappa shape index (κ3) is 5.16. The van der Waals surface area contributed by atoms with Crippen LogP contribution < -0.4 is 14.9 Å². The number of esters is 1. The Morgan fingerprint density at radius 1 is 1.05 bits per heavy atom. The highest BCUT2D eigenvalue weighted by Gasteiger charge is 2.35. The quantitative estimate of drug-likeness (QED) is 0.209. The van der Waals surface area contributed by atoms with E-state index in [-0.39, 0.29) is 12.2 Å². The van der Waals surface area contributed by atoms with Crippen LogP contribution in [0.3, 0.4) is 0 Å². The number of hydrogen-bond donors (Lipinski definition) is 0. The largest absolute Gasteiger partial charge is 0.463 e. The summed E-state index contributed by atoms with van der Waals surface area (Å²) in [6.07, 6.45) is 1.73. The number of aryl methyl sites for hydroxylation is 1. The van der Waals surface area contributed by atoms with Crippen LogP contribution in [0.2, 0.25) is 0 Å². The Morgan fingerprint density at radius 2 is 1.78 bits per heavy atom. The van der Waals surface area contributed by atoms with E-state index in [2.05, 4.69) is 15.9 Å². The molecule has 0 saturated heterocycles. The summed E-state index contributed by atoms with van der Waals surface area (Å²) in [6, 6.07) is 28.1. The SMILES string of the molecule is CCOC(=O)C1=C(c2ccccc2)N=c2s/c(=C\c3ccc(-c4ccc(C)cc4Br)o3)c(=O)n2C1c1ccccc1. The van der Waals surface area contributed by atoms with Gasteiger partial charge in [-0.3, -0.25) is 9.36 Å². The molecule has 6 nitrogen and oxygen atoms in total. The van der Waals surface area contributed by atoms with Gasteiger partial charge in [0.2, 0.25) is 0 Å². The number of ether oxygens (including phenoxy) is 1. The van der Waals surface area contributed by atoms with Crippen molar-refractivity contribution in [2.45, 2.75) is 19.9 Å². The Morgan fingerprint density at radius 3 is 2.49 bits per heavy atom. The van der Waals surface area contributed by atoms with E-state index in [1.807, 2.05) is 97.9 Å². The molecule has 0 saturated carbocycles. The number of fused-ring (bicyclic) bond motifs is 1. The Labute approximate surface area is 248 Å². The van der Waals surface area contributed by atoms with Crippen molar-refractivity contribution in [2.75, 3.05) is 6.61 Å². The summed E-state index contributed by atoms with van der Waals surface area (Å²) in [6.45, 7) is 4.00. The number of nitrogens with zero attached hydrogens (tertiary/aromatic N) is 2. The van der Waals surface area contributed by atoms with Crippen LogP contribution in [0.15, 0.2) is 115 Å². The zero-order valence-electron chi connectivity index (χ0n) is 22.3. The lowest BCUT2D eigenvalue weighted by Gasteiger charge is -2.25. The predicted molar refractivity (Wildman–Crippen MR) is 164 cm³/mol. The van der Waals surface area contributed by atoms with Crippen LogP contribution in [-0.4, -0.2) is 17.1 Å². The molecule has 2 aromatic heterocycles. The van der Waals surface area contributed by atoms with E-state index < -0.39 is 12.0 Å². The molecule has 0 spiro atoms. The minimum atomic E-state index is -0.709. The monoisotopic (exact) mass is 624 g/mol. The normalized spacial score (nSPS) is 15.0. The fraction of sp³-hybridized carbons (Fsp3) is 0.121. The molecule has 0 bridgehead atoms. The standard InChI is InChI=1S/C33H25BrN2O4S/c1-3-39-32(38)28-29(21-10-6-4-7-11-21)35-33-36(30(28)22-12-8-5-9-13-22)31(37)27(41-33)19-23-15-17-26(40-23)24-16-14-20(2)18-25(24)34/h4-19,30H,3H2,1-2H3/b27-19-. The number of carbonyl (C=O) groups is 1. The van der Waals surface area contributed by atoms with Gasteiger partial charge >= 0.3 is 5.97 Å². The number of halogens is 1. The third-order valence-corrected chi connectivity index (χ3v) is 8.42. The van der Waals surface area contributed by atoms with E-state index >= 15 is 0 Å². The maximum atomic E-state index is 14.0. The van der Waals surface area contributed by atoms with Crippen molar-refractivity contribution < 1.29 is 13.9 Å². The van der Waals surface area contributed by atoms with Crippen LogP contribution in [-0.2, 0) is 9.53 Å². The molecule has 3 aromatic carbocycles. The Kier molecular flexibility index (Phi) is 7.43. The topological polar surface area (TPSA) is 73.8 Å². The molecule has 0 radical (unpaired) electrons. The van der Waals surface area contributed by atoms with Gasteiger partial charge in [-0.1, -0.05) is 94.0 Å². The molecule has 0 fully saturated rings. The van der Waals surface area contributed by atoms with Gasteiger partial charge in [0.25, 0.3) is 5.56 Å². The first kappa shape index (κ1) is 26.9. The first-order valence-corrected chi connectivity index (χ1v) is 14.8. The highest BCUT2D eigenvalue weighted by atomic mass is 79.9. The third-order valence-electron chi connectivity index (χ3n) is 6.78. The molecule has 0 N–H and O–H groups in total. The Hall–Kier alpha value is -4.27. The van der Waals surface area contributed by atoms with Crippen molar-refractivity contribution in [3.63, 3.8) is 0 Å². The summed E-state index contributed by atoms with van der Waals surface area (Å²) in [5.41, 5.74) is 4.18.